The number of nitrogens with zero attached hydrogens (tertiary/aromatic N) is 2. The second-order valence-electron chi connectivity index (χ2n) is 8.92. The van der Waals surface area contributed by atoms with E-state index >= 15 is 4.39 Å². The number of carbonyl (C=O) groups excluding carboxylic acids is 1. The fourth-order valence-electron chi connectivity index (χ4n) is 4.99. The van der Waals surface area contributed by atoms with Crippen molar-refractivity contribution in [3.05, 3.63) is 88.9 Å². The third kappa shape index (κ3) is 3.62. The SMILES string of the molecule is COc1nccc2c1C[C@]1(c3cc(O)ccc3F)N=C(NC(=O)c3ccccc3)SC[C@]1(C)C2. The number of phenols is 1. The van der Waals surface area contributed by atoms with E-state index in [1.165, 1.54) is 30.0 Å². The highest BCUT2D eigenvalue weighted by atomic mass is 32.2. The Kier molecular flexibility index (Phi) is 5.56. The van der Waals surface area contributed by atoms with E-state index in [0.717, 1.165) is 11.1 Å². The van der Waals surface area contributed by atoms with E-state index in [4.69, 9.17) is 9.73 Å². The molecule has 3 aromatic rings. The van der Waals surface area contributed by atoms with E-state index in [1.54, 1.807) is 37.6 Å². The molecular formula is C26H24FN3O3S. The minimum atomic E-state index is -1.08. The van der Waals surface area contributed by atoms with E-state index in [2.05, 4.69) is 17.2 Å². The zero-order chi connectivity index (χ0) is 23.9. The molecule has 6 nitrogen and oxygen atoms in total. The number of hydrogen-bond acceptors (Lipinski definition) is 6. The standard InChI is InChI=1S/C26H24FN3O3S/c1-25-13-17-10-11-28-23(33-2)19(17)14-26(25,20-12-18(31)8-9-21(20)27)30-24(34-15-25)29-22(32)16-6-4-3-5-7-16/h3-12,31H,13-15H2,1-2H3,(H,29,30,32)/t25-,26+/m0/s1. The van der Waals surface area contributed by atoms with Crippen molar-refractivity contribution in [3.63, 3.8) is 0 Å². The second-order valence-corrected chi connectivity index (χ2v) is 9.89. The highest BCUT2D eigenvalue weighted by molar-refractivity contribution is 8.14. The molecule has 0 unspecified atom stereocenters. The fourth-order valence-corrected chi connectivity index (χ4v) is 6.17. The number of aliphatic imine (C=N–C) groups is 1. The number of nitrogens with one attached hydrogen (secondary N) is 1. The number of pyridine rings is 1. The van der Waals surface area contributed by atoms with Crippen LogP contribution in [0.1, 0.15) is 34.0 Å². The quantitative estimate of drug-likeness (QED) is 0.582. The van der Waals surface area contributed by atoms with Gasteiger partial charge in [-0.05, 0) is 48.4 Å². The summed E-state index contributed by atoms with van der Waals surface area (Å²) in [7, 11) is 1.56. The van der Waals surface area contributed by atoms with Crippen LogP contribution in [-0.2, 0) is 18.4 Å². The number of methoxy groups -OCH3 is 1. The van der Waals surface area contributed by atoms with E-state index in [0.29, 0.717) is 40.8 Å². The molecule has 2 N–H and O–H groups in total. The smallest absolute Gasteiger partial charge is 0.257 e. The zero-order valence-corrected chi connectivity index (χ0v) is 19.7. The van der Waals surface area contributed by atoms with Gasteiger partial charge in [-0.1, -0.05) is 36.9 Å². The predicted molar refractivity (Wildman–Crippen MR) is 130 cm³/mol. The first kappa shape index (κ1) is 22.4. The summed E-state index contributed by atoms with van der Waals surface area (Å²) in [5.41, 5.74) is 1.17. The van der Waals surface area contributed by atoms with Crippen LogP contribution >= 0.6 is 11.8 Å². The van der Waals surface area contributed by atoms with Gasteiger partial charge in [0, 0.05) is 40.5 Å². The number of rotatable bonds is 3. The number of carbonyl (C=O) groups is 1. The average Bonchev–Trinajstić information content (AvgIpc) is 2.84. The van der Waals surface area contributed by atoms with E-state index in [9.17, 15) is 9.90 Å². The number of thioether (sulfide) groups is 1. The molecule has 2 atom stereocenters. The van der Waals surface area contributed by atoms with Crippen molar-refractivity contribution >= 4 is 22.8 Å². The van der Waals surface area contributed by atoms with Gasteiger partial charge < -0.3 is 15.2 Å². The number of fused-ring (bicyclic) bond motifs is 2. The Balaban J connectivity index is 1.67. The minimum absolute atomic E-state index is 0.0413. The number of halogens is 1. The van der Waals surface area contributed by atoms with Crippen LogP contribution in [0.25, 0.3) is 0 Å². The first-order valence-electron chi connectivity index (χ1n) is 10.9. The molecule has 8 heteroatoms. The number of aromatic hydroxyl groups is 1. The van der Waals surface area contributed by atoms with Gasteiger partial charge in [0.05, 0.1) is 7.11 Å². The second kappa shape index (κ2) is 8.43. The van der Waals surface area contributed by atoms with Crippen molar-refractivity contribution in [1.29, 1.82) is 0 Å². The predicted octanol–water partition coefficient (Wildman–Crippen LogP) is 4.47. The molecule has 2 aromatic carbocycles. The minimum Gasteiger partial charge on any atom is -0.508 e. The normalized spacial score (nSPS) is 23.3. The Morgan fingerprint density at radius 2 is 1.97 bits per heavy atom. The zero-order valence-electron chi connectivity index (χ0n) is 18.8. The molecule has 0 radical (unpaired) electrons. The maximum atomic E-state index is 15.4. The molecule has 1 aliphatic heterocycles. The topological polar surface area (TPSA) is 83.8 Å². The fraction of sp³-hybridized carbons (Fsp3) is 0.269. The molecule has 0 saturated heterocycles. The van der Waals surface area contributed by atoms with Gasteiger partial charge in [0.2, 0.25) is 5.88 Å². The first-order valence-corrected chi connectivity index (χ1v) is 11.9. The number of hydrogen-bond donors (Lipinski definition) is 2. The van der Waals surface area contributed by atoms with Crippen LogP contribution in [0.15, 0.2) is 65.8 Å². The lowest BCUT2D eigenvalue weighted by Gasteiger charge is -2.52. The largest absolute Gasteiger partial charge is 0.508 e. The number of amidine groups is 1. The Morgan fingerprint density at radius 1 is 1.18 bits per heavy atom. The lowest BCUT2D eigenvalue weighted by molar-refractivity contribution is 0.0975. The van der Waals surface area contributed by atoms with Crippen LogP contribution in [0.3, 0.4) is 0 Å². The third-order valence-corrected chi connectivity index (χ3v) is 8.04. The van der Waals surface area contributed by atoms with E-state index in [-0.39, 0.29) is 11.7 Å². The molecule has 2 aliphatic rings. The lowest BCUT2D eigenvalue weighted by Crippen LogP contribution is -2.54. The number of amides is 1. The molecular weight excluding hydrogens is 453 g/mol. The van der Waals surface area contributed by atoms with Crippen molar-refractivity contribution in [2.24, 2.45) is 10.4 Å². The summed E-state index contributed by atoms with van der Waals surface area (Å²) < 4.78 is 20.9. The van der Waals surface area contributed by atoms with Gasteiger partial charge in [-0.15, -0.1) is 0 Å². The van der Waals surface area contributed by atoms with Crippen molar-refractivity contribution in [1.82, 2.24) is 10.3 Å². The Bertz CT molecular complexity index is 1300. The summed E-state index contributed by atoms with van der Waals surface area (Å²) in [5.74, 6) is 0.292. The molecule has 2 heterocycles. The molecule has 1 aromatic heterocycles. The van der Waals surface area contributed by atoms with Gasteiger partial charge in [0.15, 0.2) is 5.17 Å². The molecule has 1 aliphatic carbocycles. The molecule has 34 heavy (non-hydrogen) atoms. The van der Waals surface area contributed by atoms with Crippen LogP contribution in [0.4, 0.5) is 4.39 Å². The Hall–Kier alpha value is -3.39. The molecule has 5 rings (SSSR count). The number of ether oxygens (including phenoxy) is 1. The van der Waals surface area contributed by atoms with Gasteiger partial charge in [-0.25, -0.2) is 14.4 Å². The maximum absolute atomic E-state index is 15.4. The highest BCUT2D eigenvalue weighted by Crippen LogP contribution is 2.57. The summed E-state index contributed by atoms with van der Waals surface area (Å²) in [4.78, 5) is 22.3. The molecule has 0 spiro atoms. The van der Waals surface area contributed by atoms with Crippen LogP contribution in [0, 0.1) is 11.2 Å². The summed E-state index contributed by atoms with van der Waals surface area (Å²) in [6.45, 7) is 2.08. The van der Waals surface area contributed by atoms with Crippen LogP contribution in [0.5, 0.6) is 11.6 Å². The van der Waals surface area contributed by atoms with Gasteiger partial charge in [0.1, 0.15) is 17.1 Å². The van der Waals surface area contributed by atoms with Gasteiger partial charge >= 0.3 is 0 Å². The summed E-state index contributed by atoms with van der Waals surface area (Å²) >= 11 is 1.44. The van der Waals surface area contributed by atoms with Crippen LogP contribution < -0.4 is 10.1 Å². The summed E-state index contributed by atoms with van der Waals surface area (Å²) in [6.07, 6.45) is 2.65. The van der Waals surface area contributed by atoms with Gasteiger partial charge in [-0.2, -0.15) is 0 Å². The summed E-state index contributed by atoms with van der Waals surface area (Å²) in [5, 5.41) is 13.6. The van der Waals surface area contributed by atoms with Crippen LogP contribution in [-0.4, -0.2) is 34.0 Å². The molecule has 174 valence electrons. The summed E-state index contributed by atoms with van der Waals surface area (Å²) in [6, 6.07) is 14.9. The molecule has 1 amide bonds. The maximum Gasteiger partial charge on any atom is 0.257 e. The lowest BCUT2D eigenvalue weighted by atomic mass is 9.59. The van der Waals surface area contributed by atoms with E-state index < -0.39 is 16.8 Å². The number of benzene rings is 2. The van der Waals surface area contributed by atoms with Crippen molar-refractivity contribution in [2.45, 2.75) is 25.3 Å². The monoisotopic (exact) mass is 477 g/mol. The van der Waals surface area contributed by atoms with Gasteiger partial charge in [0.25, 0.3) is 5.91 Å². The Morgan fingerprint density at radius 3 is 2.74 bits per heavy atom. The highest BCUT2D eigenvalue weighted by Gasteiger charge is 2.56. The Labute approximate surface area is 201 Å². The molecule has 0 fully saturated rings. The van der Waals surface area contributed by atoms with Crippen molar-refractivity contribution < 1.29 is 19.0 Å². The van der Waals surface area contributed by atoms with E-state index in [1.807, 2.05) is 12.1 Å². The number of phenolic OH excluding ortho intramolecular Hbond substituents is 1. The molecule has 0 bridgehead atoms. The van der Waals surface area contributed by atoms with Crippen molar-refractivity contribution in [3.8, 4) is 11.6 Å². The van der Waals surface area contributed by atoms with Gasteiger partial charge in [-0.3, -0.25) is 4.79 Å². The average molecular weight is 478 g/mol. The third-order valence-electron chi connectivity index (χ3n) is 6.79. The molecule has 0 saturated carbocycles. The van der Waals surface area contributed by atoms with Crippen LogP contribution in [0.2, 0.25) is 0 Å². The number of aromatic nitrogens is 1. The first-order chi connectivity index (χ1) is 16.3. The van der Waals surface area contributed by atoms with Crippen molar-refractivity contribution in [2.75, 3.05) is 12.9 Å².